The molecule has 7 nitrogen and oxygen atoms in total. The van der Waals surface area contributed by atoms with Gasteiger partial charge in [-0.25, -0.2) is 9.59 Å². The summed E-state index contributed by atoms with van der Waals surface area (Å²) in [6.07, 6.45) is -0.879. The van der Waals surface area contributed by atoms with Gasteiger partial charge in [0, 0.05) is 31.0 Å². The maximum Gasteiger partial charge on any atom is 0.410 e. The standard InChI is InChI=1S/C20H30N2O5/c1-19(2,3)27-17(24)21-13-20(4,14-23)16-10-22(11-16)18(25)26-12-15-8-6-5-7-9-15/h5-9,16,23H,10-14H2,1-4H3,(H,21,24). The SMILES string of the molecule is CC(C)(C)OC(=O)NCC(C)(CO)C1CN(C(=O)OCc2ccccc2)C1. The lowest BCUT2D eigenvalue weighted by Crippen LogP contribution is -2.59. The first-order valence-electron chi connectivity index (χ1n) is 9.16. The highest BCUT2D eigenvalue weighted by atomic mass is 16.6. The molecule has 1 aliphatic heterocycles. The van der Waals surface area contributed by atoms with E-state index in [0.717, 1.165) is 5.56 Å². The average molecular weight is 378 g/mol. The van der Waals surface area contributed by atoms with E-state index < -0.39 is 17.1 Å². The Bertz CT molecular complexity index is 638. The van der Waals surface area contributed by atoms with Crippen LogP contribution in [0.5, 0.6) is 0 Å². The summed E-state index contributed by atoms with van der Waals surface area (Å²) in [5.74, 6) is 0.0710. The third-order valence-electron chi connectivity index (χ3n) is 4.73. The number of nitrogens with zero attached hydrogens (tertiary/aromatic N) is 1. The predicted octanol–water partition coefficient (Wildman–Crippen LogP) is 2.78. The van der Waals surface area contributed by atoms with Crippen LogP contribution in [0.25, 0.3) is 0 Å². The maximum atomic E-state index is 12.1. The lowest BCUT2D eigenvalue weighted by atomic mass is 9.73. The second-order valence-corrected chi connectivity index (χ2v) is 8.31. The van der Waals surface area contributed by atoms with Crippen LogP contribution in [0.3, 0.4) is 0 Å². The minimum Gasteiger partial charge on any atom is -0.445 e. The third-order valence-corrected chi connectivity index (χ3v) is 4.73. The van der Waals surface area contributed by atoms with Crippen molar-refractivity contribution >= 4 is 12.2 Å². The number of amides is 2. The Morgan fingerprint density at radius 2 is 1.81 bits per heavy atom. The van der Waals surface area contributed by atoms with Crippen molar-refractivity contribution in [1.29, 1.82) is 0 Å². The number of rotatable bonds is 6. The number of aliphatic hydroxyl groups excluding tert-OH is 1. The molecule has 0 saturated carbocycles. The highest BCUT2D eigenvalue weighted by molar-refractivity contribution is 5.69. The Morgan fingerprint density at radius 1 is 1.19 bits per heavy atom. The summed E-state index contributed by atoms with van der Waals surface area (Å²) in [6, 6.07) is 9.50. The minimum atomic E-state index is -0.574. The first kappa shape index (κ1) is 21.0. The molecule has 1 aromatic rings. The molecule has 27 heavy (non-hydrogen) atoms. The molecule has 1 heterocycles. The van der Waals surface area contributed by atoms with E-state index in [4.69, 9.17) is 9.47 Å². The highest BCUT2D eigenvalue weighted by Gasteiger charge is 2.44. The molecule has 0 spiro atoms. The fraction of sp³-hybridized carbons (Fsp3) is 0.600. The first-order chi connectivity index (χ1) is 12.6. The average Bonchev–Trinajstić information content (AvgIpc) is 2.56. The van der Waals surface area contributed by atoms with Crippen molar-refractivity contribution in [2.24, 2.45) is 11.3 Å². The number of carbonyl (C=O) groups excluding carboxylic acids is 2. The van der Waals surface area contributed by atoms with E-state index in [0.29, 0.717) is 13.1 Å². The zero-order valence-electron chi connectivity index (χ0n) is 16.5. The summed E-state index contributed by atoms with van der Waals surface area (Å²) in [7, 11) is 0. The topological polar surface area (TPSA) is 88.1 Å². The summed E-state index contributed by atoms with van der Waals surface area (Å²) in [5, 5.41) is 12.5. The molecule has 1 aromatic carbocycles. The van der Waals surface area contributed by atoms with Crippen molar-refractivity contribution in [3.8, 4) is 0 Å². The van der Waals surface area contributed by atoms with Crippen LogP contribution in [0.4, 0.5) is 9.59 Å². The van der Waals surface area contributed by atoms with Crippen molar-refractivity contribution in [2.75, 3.05) is 26.2 Å². The summed E-state index contributed by atoms with van der Waals surface area (Å²) in [5.41, 5.74) is -0.174. The zero-order valence-corrected chi connectivity index (χ0v) is 16.5. The summed E-state index contributed by atoms with van der Waals surface area (Å²) in [6.45, 7) is 8.66. The van der Waals surface area contributed by atoms with E-state index in [1.165, 1.54) is 0 Å². The molecule has 2 N–H and O–H groups in total. The first-order valence-corrected chi connectivity index (χ1v) is 9.16. The normalized spacial score (nSPS) is 16.9. The van der Waals surface area contributed by atoms with E-state index in [-0.39, 0.29) is 31.8 Å². The molecule has 0 aromatic heterocycles. The number of benzene rings is 1. The van der Waals surface area contributed by atoms with Crippen LogP contribution < -0.4 is 5.32 Å². The van der Waals surface area contributed by atoms with Crippen molar-refractivity contribution < 1.29 is 24.2 Å². The van der Waals surface area contributed by atoms with Gasteiger partial charge < -0.3 is 24.8 Å². The Morgan fingerprint density at radius 3 is 2.37 bits per heavy atom. The molecule has 1 aliphatic rings. The minimum absolute atomic E-state index is 0.0710. The van der Waals surface area contributed by atoms with E-state index >= 15 is 0 Å². The highest BCUT2D eigenvalue weighted by Crippen LogP contribution is 2.34. The van der Waals surface area contributed by atoms with Gasteiger partial charge in [-0.2, -0.15) is 0 Å². The smallest absolute Gasteiger partial charge is 0.410 e. The predicted molar refractivity (Wildman–Crippen MR) is 101 cm³/mol. The van der Waals surface area contributed by atoms with Crippen LogP contribution in [-0.2, 0) is 16.1 Å². The molecule has 1 atom stereocenters. The summed E-state index contributed by atoms with van der Waals surface area (Å²) >= 11 is 0. The molecule has 1 unspecified atom stereocenters. The van der Waals surface area contributed by atoms with Gasteiger partial charge in [-0.05, 0) is 26.3 Å². The van der Waals surface area contributed by atoms with E-state index in [1.54, 1.807) is 25.7 Å². The Labute approximate surface area is 160 Å². The van der Waals surface area contributed by atoms with Gasteiger partial charge in [0.1, 0.15) is 12.2 Å². The Balaban J connectivity index is 1.77. The number of hydrogen-bond donors (Lipinski definition) is 2. The van der Waals surface area contributed by atoms with Gasteiger partial charge in [-0.15, -0.1) is 0 Å². The summed E-state index contributed by atoms with van der Waals surface area (Å²) in [4.78, 5) is 25.6. The van der Waals surface area contributed by atoms with Crippen LogP contribution in [0.15, 0.2) is 30.3 Å². The van der Waals surface area contributed by atoms with Crippen LogP contribution in [-0.4, -0.2) is 54.0 Å². The van der Waals surface area contributed by atoms with Crippen LogP contribution in [0, 0.1) is 11.3 Å². The molecule has 0 bridgehead atoms. The molecule has 2 amide bonds. The number of ether oxygens (including phenoxy) is 2. The number of aliphatic hydroxyl groups is 1. The van der Waals surface area contributed by atoms with Crippen molar-refractivity contribution in [3.05, 3.63) is 35.9 Å². The van der Waals surface area contributed by atoms with Gasteiger partial charge in [0.25, 0.3) is 0 Å². The molecular formula is C20H30N2O5. The van der Waals surface area contributed by atoms with Gasteiger partial charge in [-0.3, -0.25) is 0 Å². The van der Waals surface area contributed by atoms with Gasteiger partial charge in [-0.1, -0.05) is 37.3 Å². The number of carbonyl (C=O) groups is 2. The molecule has 0 radical (unpaired) electrons. The fourth-order valence-electron chi connectivity index (χ4n) is 2.80. The Kier molecular flexibility index (Phi) is 6.70. The van der Waals surface area contributed by atoms with Gasteiger partial charge in [0.2, 0.25) is 0 Å². The van der Waals surface area contributed by atoms with E-state index in [1.807, 2.05) is 37.3 Å². The number of nitrogens with one attached hydrogen (secondary N) is 1. The van der Waals surface area contributed by atoms with Gasteiger partial charge in [0.15, 0.2) is 0 Å². The largest absolute Gasteiger partial charge is 0.445 e. The number of hydrogen-bond acceptors (Lipinski definition) is 5. The molecule has 2 rings (SSSR count). The maximum absolute atomic E-state index is 12.1. The lowest BCUT2D eigenvalue weighted by Gasteiger charge is -2.47. The van der Waals surface area contributed by atoms with Crippen LogP contribution in [0.1, 0.15) is 33.3 Å². The number of alkyl carbamates (subject to hydrolysis) is 1. The van der Waals surface area contributed by atoms with E-state index in [2.05, 4.69) is 5.32 Å². The summed E-state index contributed by atoms with van der Waals surface area (Å²) < 4.78 is 10.5. The third kappa shape index (κ3) is 6.13. The molecule has 0 aliphatic carbocycles. The van der Waals surface area contributed by atoms with E-state index in [9.17, 15) is 14.7 Å². The molecule has 1 fully saturated rings. The molecule has 1 saturated heterocycles. The zero-order chi connectivity index (χ0) is 20.1. The second kappa shape index (κ2) is 8.61. The number of likely N-dealkylation sites (tertiary alicyclic amines) is 1. The Hall–Kier alpha value is -2.28. The van der Waals surface area contributed by atoms with Crippen molar-refractivity contribution in [2.45, 2.75) is 39.9 Å². The lowest BCUT2D eigenvalue weighted by molar-refractivity contribution is -0.0267. The van der Waals surface area contributed by atoms with Crippen LogP contribution in [0.2, 0.25) is 0 Å². The quantitative estimate of drug-likeness (QED) is 0.795. The molecular weight excluding hydrogens is 348 g/mol. The molecule has 150 valence electrons. The van der Waals surface area contributed by atoms with Crippen LogP contribution >= 0.6 is 0 Å². The monoisotopic (exact) mass is 378 g/mol. The van der Waals surface area contributed by atoms with Crippen molar-refractivity contribution in [3.63, 3.8) is 0 Å². The van der Waals surface area contributed by atoms with Gasteiger partial charge >= 0.3 is 12.2 Å². The van der Waals surface area contributed by atoms with Gasteiger partial charge in [0.05, 0.1) is 6.61 Å². The van der Waals surface area contributed by atoms with Crippen molar-refractivity contribution in [1.82, 2.24) is 10.2 Å². The fourth-order valence-corrected chi connectivity index (χ4v) is 2.80. The second-order valence-electron chi connectivity index (χ2n) is 8.31. The molecule has 7 heteroatoms.